The molecular weight excluding hydrogens is 306 g/mol. The normalized spacial score (nSPS) is 12.0. The summed E-state index contributed by atoms with van der Waals surface area (Å²) in [5.74, 6) is -0.523. The maximum Gasteiger partial charge on any atom is 0.419 e. The van der Waals surface area contributed by atoms with Crippen molar-refractivity contribution in [3.05, 3.63) is 53.3 Å². The summed E-state index contributed by atoms with van der Waals surface area (Å²) in [5, 5.41) is 0. The smallest absolute Gasteiger partial charge is 0.408 e. The summed E-state index contributed by atoms with van der Waals surface area (Å²) < 4.78 is 35.2. The van der Waals surface area contributed by atoms with E-state index in [1.54, 1.807) is 13.1 Å². The van der Waals surface area contributed by atoms with E-state index in [4.69, 9.17) is 4.42 Å². The van der Waals surface area contributed by atoms with Crippen LogP contribution in [0.3, 0.4) is 0 Å². The lowest BCUT2D eigenvalue weighted by Gasteiger charge is -2.07. The highest BCUT2D eigenvalue weighted by Gasteiger charge is 2.16. The number of aryl methyl sites for hydroxylation is 1. The van der Waals surface area contributed by atoms with E-state index in [9.17, 15) is 13.2 Å². The molecule has 2 heterocycles. The maximum atomic E-state index is 12.2. The number of rotatable bonds is 5. The van der Waals surface area contributed by atoms with Gasteiger partial charge in [-0.25, -0.2) is 17.9 Å². The van der Waals surface area contributed by atoms with Crippen molar-refractivity contribution in [1.29, 1.82) is 0 Å². The molecule has 1 aromatic carbocycles. The number of aromatic nitrogens is 2. The zero-order chi connectivity index (χ0) is 15.7. The summed E-state index contributed by atoms with van der Waals surface area (Å²) in [6, 6.07) is 8.12. The average molecular weight is 321 g/mol. The first-order valence-electron chi connectivity index (χ1n) is 6.67. The molecule has 0 spiro atoms. The van der Waals surface area contributed by atoms with E-state index in [0.29, 0.717) is 12.1 Å². The molecule has 0 saturated carbocycles. The first-order valence-corrected chi connectivity index (χ1v) is 8.16. The molecule has 0 radical (unpaired) electrons. The van der Waals surface area contributed by atoms with Crippen molar-refractivity contribution >= 4 is 21.1 Å². The Bertz CT molecular complexity index is 952. The number of fused-ring (bicyclic) bond motifs is 1. The van der Waals surface area contributed by atoms with Gasteiger partial charge in [-0.05, 0) is 24.3 Å². The molecule has 0 aliphatic rings. The highest BCUT2D eigenvalue weighted by molar-refractivity contribution is 7.89. The van der Waals surface area contributed by atoms with E-state index < -0.39 is 15.8 Å². The van der Waals surface area contributed by atoms with Gasteiger partial charge in [-0.15, -0.1) is 0 Å². The van der Waals surface area contributed by atoms with E-state index in [1.807, 2.05) is 29.1 Å². The number of hydrogen-bond acceptors (Lipinski definition) is 4. The third-order valence-corrected chi connectivity index (χ3v) is 4.86. The summed E-state index contributed by atoms with van der Waals surface area (Å²) in [6.07, 6.45) is 3.72. The predicted octanol–water partition coefficient (Wildman–Crippen LogP) is 0.911. The van der Waals surface area contributed by atoms with Crippen molar-refractivity contribution in [1.82, 2.24) is 13.9 Å². The zero-order valence-electron chi connectivity index (χ0n) is 11.9. The molecule has 0 atom stereocenters. The van der Waals surface area contributed by atoms with Crippen molar-refractivity contribution in [2.45, 2.75) is 11.4 Å². The Hall–Kier alpha value is -2.32. The number of oxazole rings is 1. The first-order chi connectivity index (χ1) is 10.5. The van der Waals surface area contributed by atoms with Crippen LogP contribution in [0.2, 0.25) is 0 Å². The second-order valence-corrected chi connectivity index (χ2v) is 6.64. The molecule has 1 N–H and O–H groups in total. The van der Waals surface area contributed by atoms with Crippen LogP contribution in [0.25, 0.3) is 11.1 Å². The predicted molar refractivity (Wildman–Crippen MR) is 81.1 cm³/mol. The van der Waals surface area contributed by atoms with Gasteiger partial charge in [-0.1, -0.05) is 0 Å². The van der Waals surface area contributed by atoms with Crippen LogP contribution in [0.4, 0.5) is 0 Å². The average Bonchev–Trinajstić information content (AvgIpc) is 3.08. The van der Waals surface area contributed by atoms with Gasteiger partial charge in [0.25, 0.3) is 0 Å². The van der Waals surface area contributed by atoms with Gasteiger partial charge in [0.2, 0.25) is 10.0 Å². The maximum absolute atomic E-state index is 12.2. The highest BCUT2D eigenvalue weighted by Crippen LogP contribution is 2.17. The van der Waals surface area contributed by atoms with Crippen LogP contribution in [0.5, 0.6) is 0 Å². The molecule has 0 bridgehead atoms. The summed E-state index contributed by atoms with van der Waals surface area (Å²) in [5.41, 5.74) is 0.803. The zero-order valence-corrected chi connectivity index (χ0v) is 12.7. The standard InChI is InChI=1S/C14H15N3O4S/c1-16-12-5-4-11(10-13(12)21-14(16)18)22(19,20)15-6-9-17-7-2-3-8-17/h2-5,7-8,10,15H,6,9H2,1H3. The number of sulfonamides is 1. The minimum Gasteiger partial charge on any atom is -0.408 e. The van der Waals surface area contributed by atoms with Gasteiger partial charge in [-0.3, -0.25) is 4.57 Å². The fourth-order valence-corrected chi connectivity index (χ4v) is 3.23. The molecule has 3 aromatic rings. The molecule has 0 aliphatic heterocycles. The molecule has 22 heavy (non-hydrogen) atoms. The topological polar surface area (TPSA) is 86.2 Å². The third-order valence-electron chi connectivity index (χ3n) is 3.40. The second kappa shape index (κ2) is 5.47. The Morgan fingerprint density at radius 2 is 1.95 bits per heavy atom. The van der Waals surface area contributed by atoms with E-state index in [0.717, 1.165) is 0 Å². The van der Waals surface area contributed by atoms with E-state index in [1.165, 1.54) is 16.7 Å². The molecule has 0 amide bonds. The highest BCUT2D eigenvalue weighted by atomic mass is 32.2. The number of nitrogens with zero attached hydrogens (tertiary/aromatic N) is 2. The Morgan fingerprint density at radius 3 is 2.68 bits per heavy atom. The molecule has 0 aliphatic carbocycles. The molecular formula is C14H15N3O4S. The molecule has 7 nitrogen and oxygen atoms in total. The number of hydrogen-bond donors (Lipinski definition) is 1. The SMILES string of the molecule is Cn1c(=O)oc2cc(S(=O)(=O)NCCn3cccc3)ccc21. The first kappa shape index (κ1) is 14.6. The second-order valence-electron chi connectivity index (χ2n) is 4.88. The molecule has 8 heteroatoms. The molecule has 116 valence electrons. The van der Waals surface area contributed by atoms with Gasteiger partial charge in [0, 0.05) is 38.6 Å². The summed E-state index contributed by atoms with van der Waals surface area (Å²) in [6.45, 7) is 0.808. The number of benzene rings is 1. The van der Waals surface area contributed by atoms with Crippen molar-refractivity contribution in [3.63, 3.8) is 0 Å². The van der Waals surface area contributed by atoms with Crippen LogP contribution >= 0.6 is 0 Å². The van der Waals surface area contributed by atoms with Gasteiger partial charge in [0.05, 0.1) is 10.4 Å². The minimum atomic E-state index is -3.64. The van der Waals surface area contributed by atoms with Gasteiger partial charge < -0.3 is 8.98 Å². The Morgan fingerprint density at radius 1 is 1.23 bits per heavy atom. The Labute approximate surface area is 126 Å². The molecule has 3 rings (SSSR count). The monoisotopic (exact) mass is 321 g/mol. The molecule has 0 saturated heterocycles. The molecule has 2 aromatic heterocycles. The summed E-state index contributed by atoms with van der Waals surface area (Å²) in [7, 11) is -2.08. The van der Waals surface area contributed by atoms with Crippen molar-refractivity contribution in [2.75, 3.05) is 6.54 Å². The van der Waals surface area contributed by atoms with E-state index in [-0.39, 0.29) is 17.0 Å². The lowest BCUT2D eigenvalue weighted by molar-refractivity contribution is 0.527. The van der Waals surface area contributed by atoms with Crippen molar-refractivity contribution in [2.24, 2.45) is 7.05 Å². The fourth-order valence-electron chi connectivity index (χ4n) is 2.19. The summed E-state index contributed by atoms with van der Waals surface area (Å²) in [4.78, 5) is 11.5. The van der Waals surface area contributed by atoms with Gasteiger partial charge in [0.1, 0.15) is 0 Å². The van der Waals surface area contributed by atoms with Crippen LogP contribution in [0.15, 0.2) is 56.8 Å². The number of nitrogens with one attached hydrogen (secondary N) is 1. The third kappa shape index (κ3) is 2.70. The van der Waals surface area contributed by atoms with E-state index >= 15 is 0 Å². The molecule has 0 fully saturated rings. The van der Waals surface area contributed by atoms with Crippen molar-refractivity contribution < 1.29 is 12.8 Å². The minimum absolute atomic E-state index is 0.0712. The van der Waals surface area contributed by atoms with Crippen LogP contribution in [-0.4, -0.2) is 24.1 Å². The van der Waals surface area contributed by atoms with Crippen molar-refractivity contribution in [3.8, 4) is 0 Å². The quantitative estimate of drug-likeness (QED) is 0.757. The Balaban J connectivity index is 1.80. The van der Waals surface area contributed by atoms with Crippen LogP contribution in [0, 0.1) is 0 Å². The van der Waals surface area contributed by atoms with Gasteiger partial charge in [0.15, 0.2) is 5.58 Å². The lowest BCUT2D eigenvalue weighted by atomic mass is 10.3. The Kier molecular flexibility index (Phi) is 3.63. The lowest BCUT2D eigenvalue weighted by Crippen LogP contribution is -2.27. The molecule has 0 unspecified atom stereocenters. The summed E-state index contributed by atoms with van der Waals surface area (Å²) >= 11 is 0. The van der Waals surface area contributed by atoms with E-state index in [2.05, 4.69) is 4.72 Å². The van der Waals surface area contributed by atoms with Crippen LogP contribution in [0.1, 0.15) is 0 Å². The largest absolute Gasteiger partial charge is 0.419 e. The van der Waals surface area contributed by atoms with Gasteiger partial charge >= 0.3 is 5.76 Å². The fraction of sp³-hybridized carbons (Fsp3) is 0.214. The van der Waals surface area contributed by atoms with Crippen LogP contribution in [-0.2, 0) is 23.6 Å². The van der Waals surface area contributed by atoms with Crippen LogP contribution < -0.4 is 10.5 Å². The van der Waals surface area contributed by atoms with Gasteiger partial charge in [-0.2, -0.15) is 0 Å².